The Morgan fingerprint density at radius 1 is 1.07 bits per heavy atom. The molecule has 1 atom stereocenters. The Hall–Kier alpha value is -2.82. The molecule has 5 nitrogen and oxygen atoms in total. The average molecular weight is 393 g/mol. The second-order valence-corrected chi connectivity index (χ2v) is 8.58. The van der Waals surface area contributed by atoms with Gasteiger partial charge in [0.15, 0.2) is 0 Å². The van der Waals surface area contributed by atoms with Crippen LogP contribution in [0.4, 0.5) is 4.79 Å². The predicted molar refractivity (Wildman–Crippen MR) is 111 cm³/mol. The molecule has 152 valence electrons. The van der Waals surface area contributed by atoms with Crippen LogP contribution in [-0.4, -0.2) is 29.8 Å². The summed E-state index contributed by atoms with van der Waals surface area (Å²) in [7, 11) is 0. The van der Waals surface area contributed by atoms with E-state index in [0.717, 1.165) is 47.9 Å². The Kier molecular flexibility index (Phi) is 5.31. The molecule has 0 heterocycles. The Morgan fingerprint density at radius 3 is 2.17 bits per heavy atom. The number of carboxylic acid groups (broad SMARTS) is 1. The van der Waals surface area contributed by atoms with Gasteiger partial charge in [-0.2, -0.15) is 0 Å². The van der Waals surface area contributed by atoms with Gasteiger partial charge in [-0.25, -0.2) is 9.59 Å². The molecule has 0 radical (unpaired) electrons. The van der Waals surface area contributed by atoms with Crippen molar-refractivity contribution in [2.75, 3.05) is 6.61 Å². The van der Waals surface area contributed by atoms with Crippen molar-refractivity contribution in [3.63, 3.8) is 0 Å². The fraction of sp³-hybridized carbons (Fsp3) is 0.417. The van der Waals surface area contributed by atoms with Gasteiger partial charge >= 0.3 is 12.1 Å². The van der Waals surface area contributed by atoms with E-state index in [-0.39, 0.29) is 17.9 Å². The lowest BCUT2D eigenvalue weighted by Crippen LogP contribution is -2.44. The maximum Gasteiger partial charge on any atom is 0.407 e. The van der Waals surface area contributed by atoms with Gasteiger partial charge in [0, 0.05) is 5.92 Å². The zero-order chi connectivity index (χ0) is 20.4. The van der Waals surface area contributed by atoms with E-state index in [9.17, 15) is 14.7 Å². The molecule has 4 rings (SSSR count). The molecule has 0 aromatic heterocycles. The van der Waals surface area contributed by atoms with Gasteiger partial charge in [-0.3, -0.25) is 0 Å². The third-order valence-corrected chi connectivity index (χ3v) is 6.44. The topological polar surface area (TPSA) is 75.6 Å². The summed E-state index contributed by atoms with van der Waals surface area (Å²) >= 11 is 0. The normalized spacial score (nSPS) is 18.0. The highest BCUT2D eigenvalue weighted by Gasteiger charge is 2.35. The first-order valence-electron chi connectivity index (χ1n) is 10.3. The Morgan fingerprint density at radius 2 is 1.62 bits per heavy atom. The summed E-state index contributed by atoms with van der Waals surface area (Å²) in [6.45, 7) is 2.29. The van der Waals surface area contributed by atoms with Gasteiger partial charge in [0.2, 0.25) is 0 Å². The van der Waals surface area contributed by atoms with Crippen LogP contribution in [0.1, 0.15) is 56.1 Å². The van der Waals surface area contributed by atoms with Crippen molar-refractivity contribution >= 4 is 12.1 Å². The number of carbonyl (C=O) groups excluding carboxylic acids is 1. The highest BCUT2D eigenvalue weighted by Crippen LogP contribution is 2.44. The lowest BCUT2D eigenvalue weighted by molar-refractivity contribution is -0.140. The van der Waals surface area contributed by atoms with E-state index in [2.05, 4.69) is 36.5 Å². The summed E-state index contributed by atoms with van der Waals surface area (Å²) < 4.78 is 5.50. The highest BCUT2D eigenvalue weighted by atomic mass is 16.5. The van der Waals surface area contributed by atoms with Crippen molar-refractivity contribution in [2.45, 2.75) is 51.0 Å². The molecular weight excluding hydrogens is 366 g/mol. The van der Waals surface area contributed by atoms with Gasteiger partial charge in [-0.05, 0) is 46.9 Å². The van der Waals surface area contributed by atoms with Crippen LogP contribution in [0.15, 0.2) is 48.5 Å². The summed E-state index contributed by atoms with van der Waals surface area (Å²) in [6.07, 6.45) is 4.02. The summed E-state index contributed by atoms with van der Waals surface area (Å²) in [5, 5.41) is 12.1. The van der Waals surface area contributed by atoms with E-state index in [1.807, 2.05) is 24.3 Å². The monoisotopic (exact) mass is 393 g/mol. The van der Waals surface area contributed by atoms with Crippen molar-refractivity contribution in [2.24, 2.45) is 5.41 Å². The summed E-state index contributed by atoms with van der Waals surface area (Å²) in [5.41, 5.74) is 4.56. The zero-order valence-corrected chi connectivity index (χ0v) is 16.7. The second kappa shape index (κ2) is 7.90. The van der Waals surface area contributed by atoms with Crippen LogP contribution in [0.2, 0.25) is 0 Å². The van der Waals surface area contributed by atoms with E-state index in [1.165, 1.54) is 0 Å². The second-order valence-electron chi connectivity index (χ2n) is 8.58. The zero-order valence-electron chi connectivity index (χ0n) is 16.7. The number of carboxylic acids is 1. The number of aliphatic carboxylic acids is 1. The van der Waals surface area contributed by atoms with Gasteiger partial charge < -0.3 is 15.2 Å². The highest BCUT2D eigenvalue weighted by molar-refractivity contribution is 5.81. The van der Waals surface area contributed by atoms with Crippen LogP contribution in [0.25, 0.3) is 11.1 Å². The largest absolute Gasteiger partial charge is 0.480 e. The first-order valence-corrected chi connectivity index (χ1v) is 10.3. The van der Waals surface area contributed by atoms with Gasteiger partial charge in [0.05, 0.1) is 0 Å². The molecule has 0 saturated heterocycles. The number of fused-ring (bicyclic) bond motifs is 3. The minimum atomic E-state index is -1.01. The minimum Gasteiger partial charge on any atom is -0.480 e. The van der Waals surface area contributed by atoms with Crippen LogP contribution in [0.5, 0.6) is 0 Å². The van der Waals surface area contributed by atoms with E-state index >= 15 is 0 Å². The molecule has 1 amide bonds. The molecule has 2 aromatic carbocycles. The smallest absolute Gasteiger partial charge is 0.407 e. The van der Waals surface area contributed by atoms with E-state index in [1.54, 1.807) is 0 Å². The number of hydrogen-bond donors (Lipinski definition) is 2. The van der Waals surface area contributed by atoms with E-state index in [4.69, 9.17) is 4.74 Å². The van der Waals surface area contributed by atoms with Crippen molar-refractivity contribution in [1.82, 2.24) is 5.32 Å². The Balaban J connectivity index is 1.42. The first-order chi connectivity index (χ1) is 14.0. The fourth-order valence-corrected chi connectivity index (χ4v) is 4.91. The number of hydrogen-bond acceptors (Lipinski definition) is 3. The molecule has 1 saturated carbocycles. The van der Waals surface area contributed by atoms with Crippen LogP contribution in [0.3, 0.4) is 0 Å². The standard InChI is InChI=1S/C24H27NO4/c1-24(12-6-7-13-24)14-21(22(26)27)25-23(28)29-15-20-18-10-4-2-8-16(18)17-9-3-5-11-19(17)20/h2-5,8-11,20-21H,6-7,12-15H2,1H3,(H,25,28)(H,26,27). The molecule has 0 aliphatic heterocycles. The summed E-state index contributed by atoms with van der Waals surface area (Å²) in [5.74, 6) is -1.05. The maximum atomic E-state index is 12.4. The van der Waals surface area contributed by atoms with Crippen molar-refractivity contribution in [1.29, 1.82) is 0 Å². The number of rotatable bonds is 6. The third-order valence-electron chi connectivity index (χ3n) is 6.44. The summed E-state index contributed by atoms with van der Waals surface area (Å²) in [4.78, 5) is 24.1. The van der Waals surface area contributed by atoms with Gasteiger partial charge in [0.25, 0.3) is 0 Å². The number of amides is 1. The molecular formula is C24H27NO4. The number of ether oxygens (including phenoxy) is 1. The first kappa shape index (κ1) is 19.5. The number of carbonyl (C=O) groups is 2. The molecule has 2 N–H and O–H groups in total. The molecule has 2 aliphatic carbocycles. The van der Waals surface area contributed by atoms with E-state index < -0.39 is 18.1 Å². The Labute approximate surface area is 171 Å². The predicted octanol–water partition coefficient (Wildman–Crippen LogP) is 4.95. The van der Waals surface area contributed by atoms with Crippen LogP contribution in [0, 0.1) is 5.41 Å². The quantitative estimate of drug-likeness (QED) is 0.728. The third kappa shape index (κ3) is 4.00. The fourth-order valence-electron chi connectivity index (χ4n) is 4.91. The number of nitrogens with one attached hydrogen (secondary N) is 1. The molecule has 29 heavy (non-hydrogen) atoms. The van der Waals surface area contributed by atoms with E-state index in [0.29, 0.717) is 6.42 Å². The van der Waals surface area contributed by atoms with Crippen LogP contribution >= 0.6 is 0 Å². The van der Waals surface area contributed by atoms with Crippen molar-refractivity contribution in [3.8, 4) is 11.1 Å². The van der Waals surface area contributed by atoms with Crippen molar-refractivity contribution in [3.05, 3.63) is 59.7 Å². The molecule has 1 fully saturated rings. The SMILES string of the molecule is CC1(CC(NC(=O)OCC2c3ccccc3-c3ccccc32)C(=O)O)CCCC1. The van der Waals surface area contributed by atoms with Crippen LogP contribution in [-0.2, 0) is 9.53 Å². The lowest BCUT2D eigenvalue weighted by Gasteiger charge is -2.27. The average Bonchev–Trinajstić information content (AvgIpc) is 3.27. The Bertz CT molecular complexity index is 871. The van der Waals surface area contributed by atoms with Crippen molar-refractivity contribution < 1.29 is 19.4 Å². The molecule has 2 aliphatic rings. The van der Waals surface area contributed by atoms with Gasteiger partial charge in [-0.1, -0.05) is 68.3 Å². The molecule has 0 bridgehead atoms. The van der Waals surface area contributed by atoms with Gasteiger partial charge in [0.1, 0.15) is 12.6 Å². The minimum absolute atomic E-state index is 0.0281. The molecule has 2 aromatic rings. The molecule has 5 heteroatoms. The van der Waals surface area contributed by atoms with Gasteiger partial charge in [-0.15, -0.1) is 0 Å². The number of benzene rings is 2. The number of alkyl carbamates (subject to hydrolysis) is 1. The molecule has 1 unspecified atom stereocenters. The maximum absolute atomic E-state index is 12.4. The van der Waals surface area contributed by atoms with Crippen LogP contribution < -0.4 is 5.32 Å². The lowest BCUT2D eigenvalue weighted by atomic mass is 9.82. The molecule has 0 spiro atoms. The summed E-state index contributed by atoms with van der Waals surface area (Å²) in [6, 6.07) is 15.3.